The van der Waals surface area contributed by atoms with Crippen LogP contribution in [0.4, 0.5) is 17.5 Å². The van der Waals surface area contributed by atoms with Gasteiger partial charge in [0.15, 0.2) is 5.65 Å². The largest absolute Gasteiger partial charge is 0.389 e. The van der Waals surface area contributed by atoms with Gasteiger partial charge in [-0.1, -0.05) is 6.08 Å². The van der Waals surface area contributed by atoms with E-state index >= 15 is 0 Å². The zero-order valence-corrected chi connectivity index (χ0v) is 22.8. The number of nitrogens with one attached hydrogen (secondary N) is 2. The number of aromatic nitrogens is 5. The van der Waals surface area contributed by atoms with Crippen LogP contribution in [0.1, 0.15) is 44.8 Å². The highest BCUT2D eigenvalue weighted by Crippen LogP contribution is 2.29. The summed E-state index contributed by atoms with van der Waals surface area (Å²) in [4.78, 5) is 31.9. The van der Waals surface area contributed by atoms with Crippen LogP contribution in [-0.2, 0) is 6.54 Å². The lowest BCUT2D eigenvalue weighted by atomic mass is 9.90. The van der Waals surface area contributed by atoms with E-state index in [0.717, 1.165) is 62.5 Å². The average molecular weight is 522 g/mol. The first-order valence-electron chi connectivity index (χ1n) is 13.4. The molecule has 0 bridgehead atoms. The number of aliphatic hydroxyl groups is 1. The third-order valence-corrected chi connectivity index (χ3v) is 7.63. The van der Waals surface area contributed by atoms with Crippen molar-refractivity contribution in [3.05, 3.63) is 47.0 Å². The van der Waals surface area contributed by atoms with Gasteiger partial charge in [-0.3, -0.25) is 10.1 Å². The Labute approximate surface area is 223 Å². The topological polar surface area (TPSA) is 116 Å². The Hall–Kier alpha value is -3.28. The molecule has 3 aromatic rings. The van der Waals surface area contributed by atoms with Gasteiger partial charge < -0.3 is 20.2 Å². The van der Waals surface area contributed by atoms with Crippen molar-refractivity contribution < 1.29 is 5.11 Å². The van der Waals surface area contributed by atoms with Crippen LogP contribution in [0.3, 0.4) is 0 Å². The molecule has 0 aromatic carbocycles. The molecule has 204 valence electrons. The first-order chi connectivity index (χ1) is 18.2. The normalized spacial score (nSPS) is 21.1. The fourth-order valence-corrected chi connectivity index (χ4v) is 5.50. The molecule has 11 nitrogen and oxygen atoms in total. The fourth-order valence-electron chi connectivity index (χ4n) is 5.50. The van der Waals surface area contributed by atoms with Gasteiger partial charge in [-0.05, 0) is 58.7 Å². The molecule has 0 aliphatic carbocycles. The minimum atomic E-state index is -0.881. The summed E-state index contributed by atoms with van der Waals surface area (Å²) in [5, 5.41) is 17.9. The molecule has 2 fully saturated rings. The van der Waals surface area contributed by atoms with E-state index in [-0.39, 0.29) is 17.8 Å². The van der Waals surface area contributed by atoms with Crippen LogP contribution < -0.4 is 21.1 Å². The van der Waals surface area contributed by atoms with Crippen molar-refractivity contribution in [2.24, 2.45) is 0 Å². The smallest absolute Gasteiger partial charge is 0.278 e. The molecule has 2 saturated heterocycles. The molecule has 3 aromatic heterocycles. The van der Waals surface area contributed by atoms with Gasteiger partial charge in [-0.15, -0.1) is 6.58 Å². The number of pyridine rings is 1. The second-order valence-corrected chi connectivity index (χ2v) is 11.1. The fraction of sp³-hybridized carbons (Fsp3) is 0.556. The van der Waals surface area contributed by atoms with Crippen LogP contribution in [0, 0.1) is 6.92 Å². The van der Waals surface area contributed by atoms with Gasteiger partial charge in [0.2, 0.25) is 5.95 Å². The Morgan fingerprint density at radius 1 is 1.21 bits per heavy atom. The molecule has 5 heterocycles. The van der Waals surface area contributed by atoms with E-state index in [9.17, 15) is 9.90 Å². The molecule has 5 rings (SSSR count). The third-order valence-electron chi connectivity index (χ3n) is 7.63. The third kappa shape index (κ3) is 5.18. The van der Waals surface area contributed by atoms with E-state index in [1.807, 2.05) is 18.5 Å². The number of likely N-dealkylation sites (N-methyl/N-ethyl adjacent to an activating group) is 1. The molecule has 3 N–H and O–H groups in total. The maximum Gasteiger partial charge on any atom is 0.278 e. The van der Waals surface area contributed by atoms with E-state index in [1.54, 1.807) is 23.2 Å². The van der Waals surface area contributed by atoms with Crippen molar-refractivity contribution in [2.75, 3.05) is 43.4 Å². The Kier molecular flexibility index (Phi) is 7.26. The Morgan fingerprint density at radius 2 is 1.97 bits per heavy atom. The standard InChI is InChI=1S/C27H39N9O2/c1-6-10-35-25(37)20-17-29-26(32-24(20)36(35)22-9-7-8-21(31-22)27(3,4)38)30-19-15-18(2)23(28-16-19)34-13-11-33(5)12-14-34/h6,15-17,21-22,31,38H,1,7-14H2,2-5H3,(H,29,30,32). The first-order valence-corrected chi connectivity index (χ1v) is 13.4. The van der Waals surface area contributed by atoms with E-state index in [0.29, 0.717) is 23.5 Å². The van der Waals surface area contributed by atoms with Gasteiger partial charge in [0.05, 0.1) is 24.0 Å². The van der Waals surface area contributed by atoms with Crippen LogP contribution in [0.15, 0.2) is 35.9 Å². The number of rotatable bonds is 7. The summed E-state index contributed by atoms with van der Waals surface area (Å²) >= 11 is 0. The number of hydrogen-bond acceptors (Lipinski definition) is 9. The summed E-state index contributed by atoms with van der Waals surface area (Å²) in [5.74, 6) is 1.39. The van der Waals surface area contributed by atoms with Gasteiger partial charge in [0.25, 0.3) is 5.56 Å². The van der Waals surface area contributed by atoms with Gasteiger partial charge in [0, 0.05) is 38.4 Å². The number of nitrogens with zero attached hydrogens (tertiary/aromatic N) is 7. The maximum absolute atomic E-state index is 13.3. The van der Waals surface area contributed by atoms with Gasteiger partial charge in [0.1, 0.15) is 17.4 Å². The lowest BCUT2D eigenvalue weighted by Gasteiger charge is -2.38. The molecule has 38 heavy (non-hydrogen) atoms. The summed E-state index contributed by atoms with van der Waals surface area (Å²) < 4.78 is 3.56. The molecular formula is C27H39N9O2. The van der Waals surface area contributed by atoms with Crippen molar-refractivity contribution in [1.29, 1.82) is 0 Å². The highest BCUT2D eigenvalue weighted by molar-refractivity contribution is 5.75. The number of anilines is 3. The first kappa shape index (κ1) is 26.3. The summed E-state index contributed by atoms with van der Waals surface area (Å²) in [7, 11) is 2.14. The second-order valence-electron chi connectivity index (χ2n) is 11.1. The number of piperazine rings is 1. The summed E-state index contributed by atoms with van der Waals surface area (Å²) in [5.41, 5.74) is 1.37. The van der Waals surface area contributed by atoms with E-state index < -0.39 is 5.60 Å². The lowest BCUT2D eigenvalue weighted by molar-refractivity contribution is 0.0108. The molecule has 2 unspecified atom stereocenters. The van der Waals surface area contributed by atoms with Crippen LogP contribution in [-0.4, -0.2) is 79.2 Å². The molecular weight excluding hydrogens is 482 g/mol. The van der Waals surface area contributed by atoms with Crippen LogP contribution in [0.5, 0.6) is 0 Å². The summed E-state index contributed by atoms with van der Waals surface area (Å²) in [6.45, 7) is 13.8. The second kappa shape index (κ2) is 10.5. The van der Waals surface area contributed by atoms with E-state index in [4.69, 9.17) is 9.97 Å². The average Bonchev–Trinajstić information content (AvgIpc) is 3.15. The SMILES string of the molecule is C=CCn1c(=O)c2cnc(Nc3cnc(N4CCN(C)CC4)c(C)c3)nc2n1C1CCCC(C(C)(C)O)N1. The van der Waals surface area contributed by atoms with Crippen LogP contribution in [0.25, 0.3) is 11.0 Å². The molecule has 2 atom stereocenters. The monoisotopic (exact) mass is 521 g/mol. The molecule has 0 saturated carbocycles. The van der Waals surface area contributed by atoms with Gasteiger partial charge in [-0.2, -0.15) is 4.98 Å². The molecule has 0 spiro atoms. The van der Waals surface area contributed by atoms with Gasteiger partial charge in [-0.25, -0.2) is 19.3 Å². The molecule has 0 amide bonds. The van der Waals surface area contributed by atoms with Gasteiger partial charge >= 0.3 is 0 Å². The number of allylic oxidation sites excluding steroid dienone is 1. The number of fused-ring (bicyclic) bond motifs is 1. The van der Waals surface area contributed by atoms with Crippen molar-refractivity contribution in [2.45, 2.75) is 64.4 Å². The number of piperidine rings is 1. The van der Waals surface area contributed by atoms with E-state index in [1.165, 1.54) is 0 Å². The highest BCUT2D eigenvalue weighted by atomic mass is 16.3. The molecule has 11 heteroatoms. The van der Waals surface area contributed by atoms with Crippen molar-refractivity contribution in [1.82, 2.24) is 34.5 Å². The molecule has 2 aliphatic heterocycles. The maximum atomic E-state index is 13.3. The lowest BCUT2D eigenvalue weighted by Crippen LogP contribution is -2.52. The minimum absolute atomic E-state index is 0.0988. The Balaban J connectivity index is 1.46. The Bertz CT molecular complexity index is 1370. The summed E-state index contributed by atoms with van der Waals surface area (Å²) in [6, 6.07) is 1.96. The summed E-state index contributed by atoms with van der Waals surface area (Å²) in [6.07, 6.45) is 7.50. The van der Waals surface area contributed by atoms with Crippen LogP contribution >= 0.6 is 0 Å². The van der Waals surface area contributed by atoms with Crippen molar-refractivity contribution >= 4 is 28.5 Å². The predicted molar refractivity (Wildman–Crippen MR) is 150 cm³/mol. The van der Waals surface area contributed by atoms with Crippen molar-refractivity contribution in [3.8, 4) is 0 Å². The zero-order valence-electron chi connectivity index (χ0n) is 22.8. The molecule has 2 aliphatic rings. The molecule has 0 radical (unpaired) electrons. The highest BCUT2D eigenvalue weighted by Gasteiger charge is 2.34. The number of aryl methyl sites for hydroxylation is 1. The minimum Gasteiger partial charge on any atom is -0.389 e. The van der Waals surface area contributed by atoms with E-state index in [2.05, 4.69) is 52.0 Å². The zero-order chi connectivity index (χ0) is 27.0. The number of hydrogen-bond donors (Lipinski definition) is 3. The van der Waals surface area contributed by atoms with Crippen molar-refractivity contribution in [3.63, 3.8) is 0 Å². The van der Waals surface area contributed by atoms with Crippen LogP contribution in [0.2, 0.25) is 0 Å². The predicted octanol–water partition coefficient (Wildman–Crippen LogP) is 2.39. The Morgan fingerprint density at radius 3 is 2.66 bits per heavy atom. The quantitative estimate of drug-likeness (QED) is 0.403.